The summed E-state index contributed by atoms with van der Waals surface area (Å²) in [5, 5.41) is 2.14. The van der Waals surface area contributed by atoms with Crippen LogP contribution in [0.1, 0.15) is 0 Å². The van der Waals surface area contributed by atoms with E-state index in [1.54, 1.807) is 19.5 Å². The SMILES string of the molecule is COc1ccc(-c2cnc(-c3nccc4ccccc34)o2)cc1. The molecule has 23 heavy (non-hydrogen) atoms. The number of rotatable bonds is 3. The Labute approximate surface area is 133 Å². The van der Waals surface area contributed by atoms with E-state index in [0.717, 1.165) is 27.8 Å². The Kier molecular flexibility index (Phi) is 3.27. The number of aromatic nitrogens is 2. The van der Waals surface area contributed by atoms with Crippen molar-refractivity contribution < 1.29 is 9.15 Å². The van der Waals surface area contributed by atoms with Crippen molar-refractivity contribution in [1.82, 2.24) is 9.97 Å². The molecular formula is C19H14N2O2. The molecule has 0 aliphatic carbocycles. The molecule has 0 saturated carbocycles. The van der Waals surface area contributed by atoms with Crippen molar-refractivity contribution in [1.29, 1.82) is 0 Å². The predicted octanol–water partition coefficient (Wildman–Crippen LogP) is 4.57. The zero-order chi connectivity index (χ0) is 15.6. The van der Waals surface area contributed by atoms with Crippen LogP contribution in [0.15, 0.2) is 71.4 Å². The number of oxazole rings is 1. The van der Waals surface area contributed by atoms with Crippen LogP contribution in [-0.4, -0.2) is 17.1 Å². The summed E-state index contributed by atoms with van der Waals surface area (Å²) in [6.45, 7) is 0. The standard InChI is InChI=1S/C19H14N2O2/c1-22-15-8-6-14(7-9-15)17-12-21-19(23-17)18-16-5-3-2-4-13(16)10-11-20-18/h2-12H,1H3. The highest BCUT2D eigenvalue weighted by atomic mass is 16.5. The van der Waals surface area contributed by atoms with E-state index in [2.05, 4.69) is 9.97 Å². The van der Waals surface area contributed by atoms with Gasteiger partial charge in [-0.25, -0.2) is 4.98 Å². The van der Waals surface area contributed by atoms with Gasteiger partial charge in [-0.15, -0.1) is 0 Å². The van der Waals surface area contributed by atoms with Gasteiger partial charge in [0.15, 0.2) is 5.76 Å². The quantitative estimate of drug-likeness (QED) is 0.556. The van der Waals surface area contributed by atoms with E-state index < -0.39 is 0 Å². The Morgan fingerprint density at radius 3 is 2.57 bits per heavy atom. The summed E-state index contributed by atoms with van der Waals surface area (Å²) >= 11 is 0. The van der Waals surface area contributed by atoms with Crippen LogP contribution in [-0.2, 0) is 0 Å². The fourth-order valence-corrected chi connectivity index (χ4v) is 2.56. The zero-order valence-electron chi connectivity index (χ0n) is 12.6. The first-order chi connectivity index (χ1) is 11.3. The second-order valence-electron chi connectivity index (χ2n) is 5.14. The van der Waals surface area contributed by atoms with Crippen molar-refractivity contribution in [3.05, 3.63) is 67.0 Å². The number of pyridine rings is 1. The van der Waals surface area contributed by atoms with Crippen LogP contribution in [0.5, 0.6) is 5.75 Å². The van der Waals surface area contributed by atoms with Crippen LogP contribution in [0.2, 0.25) is 0 Å². The van der Waals surface area contributed by atoms with E-state index in [-0.39, 0.29) is 0 Å². The summed E-state index contributed by atoms with van der Waals surface area (Å²) in [4.78, 5) is 8.83. The molecule has 0 saturated heterocycles. The smallest absolute Gasteiger partial charge is 0.246 e. The second kappa shape index (κ2) is 5.57. The molecule has 0 bridgehead atoms. The fourth-order valence-electron chi connectivity index (χ4n) is 2.56. The van der Waals surface area contributed by atoms with Gasteiger partial charge in [0.1, 0.15) is 11.4 Å². The molecule has 0 amide bonds. The lowest BCUT2D eigenvalue weighted by Gasteiger charge is -2.02. The van der Waals surface area contributed by atoms with Crippen LogP contribution in [0.4, 0.5) is 0 Å². The molecular weight excluding hydrogens is 288 g/mol. The molecule has 112 valence electrons. The lowest BCUT2D eigenvalue weighted by molar-refractivity contribution is 0.415. The van der Waals surface area contributed by atoms with Gasteiger partial charge in [-0.1, -0.05) is 24.3 Å². The van der Waals surface area contributed by atoms with Crippen molar-refractivity contribution in [3.8, 4) is 28.7 Å². The van der Waals surface area contributed by atoms with Gasteiger partial charge in [-0.2, -0.15) is 0 Å². The van der Waals surface area contributed by atoms with Crippen molar-refractivity contribution in [2.24, 2.45) is 0 Å². The third-order valence-electron chi connectivity index (χ3n) is 3.76. The van der Waals surface area contributed by atoms with Crippen LogP contribution < -0.4 is 4.74 Å². The molecule has 4 nitrogen and oxygen atoms in total. The van der Waals surface area contributed by atoms with E-state index in [1.807, 2.05) is 54.6 Å². The van der Waals surface area contributed by atoms with Gasteiger partial charge < -0.3 is 9.15 Å². The Hall–Kier alpha value is -3.14. The Morgan fingerprint density at radius 1 is 0.913 bits per heavy atom. The van der Waals surface area contributed by atoms with Gasteiger partial charge in [0, 0.05) is 17.1 Å². The monoisotopic (exact) mass is 302 g/mol. The third kappa shape index (κ3) is 2.44. The average Bonchev–Trinajstić information content (AvgIpc) is 3.11. The molecule has 4 heteroatoms. The first-order valence-electron chi connectivity index (χ1n) is 7.29. The lowest BCUT2D eigenvalue weighted by Crippen LogP contribution is -1.85. The first kappa shape index (κ1) is 13.5. The summed E-state index contributed by atoms with van der Waals surface area (Å²) in [5.41, 5.74) is 1.70. The molecule has 0 N–H and O–H groups in total. The molecule has 0 atom stereocenters. The number of hydrogen-bond donors (Lipinski definition) is 0. The molecule has 2 aromatic heterocycles. The summed E-state index contributed by atoms with van der Waals surface area (Å²) in [7, 11) is 1.65. The minimum Gasteiger partial charge on any atom is -0.497 e. The largest absolute Gasteiger partial charge is 0.497 e. The highest BCUT2D eigenvalue weighted by molar-refractivity contribution is 5.92. The summed E-state index contributed by atoms with van der Waals surface area (Å²) < 4.78 is 11.1. The summed E-state index contributed by atoms with van der Waals surface area (Å²) in [6, 6.07) is 17.7. The van der Waals surface area contributed by atoms with Crippen molar-refractivity contribution in [2.45, 2.75) is 0 Å². The number of methoxy groups -OCH3 is 1. The number of fused-ring (bicyclic) bond motifs is 1. The first-order valence-corrected chi connectivity index (χ1v) is 7.29. The van der Waals surface area contributed by atoms with Gasteiger partial charge in [0.25, 0.3) is 0 Å². The lowest BCUT2D eigenvalue weighted by atomic mass is 10.1. The summed E-state index contributed by atoms with van der Waals surface area (Å²) in [5.74, 6) is 2.04. The minimum absolute atomic E-state index is 0.521. The van der Waals surface area contributed by atoms with Crippen LogP contribution >= 0.6 is 0 Å². The predicted molar refractivity (Wildman–Crippen MR) is 89.2 cm³/mol. The molecule has 4 rings (SSSR count). The van der Waals surface area contributed by atoms with Gasteiger partial charge in [-0.05, 0) is 35.7 Å². The Balaban J connectivity index is 1.77. The van der Waals surface area contributed by atoms with Gasteiger partial charge in [0.2, 0.25) is 5.89 Å². The van der Waals surface area contributed by atoms with Gasteiger partial charge >= 0.3 is 0 Å². The van der Waals surface area contributed by atoms with Crippen LogP contribution in [0, 0.1) is 0 Å². The maximum atomic E-state index is 5.92. The average molecular weight is 302 g/mol. The van der Waals surface area contributed by atoms with Crippen molar-refractivity contribution in [3.63, 3.8) is 0 Å². The fraction of sp³-hybridized carbons (Fsp3) is 0.0526. The van der Waals surface area contributed by atoms with Gasteiger partial charge in [0.05, 0.1) is 13.3 Å². The molecule has 0 unspecified atom stereocenters. The van der Waals surface area contributed by atoms with Crippen LogP contribution in [0.25, 0.3) is 33.7 Å². The van der Waals surface area contributed by atoms with E-state index in [4.69, 9.17) is 9.15 Å². The molecule has 0 radical (unpaired) electrons. The molecule has 0 spiro atoms. The topological polar surface area (TPSA) is 48.2 Å². The number of ether oxygens (including phenoxy) is 1. The normalized spacial score (nSPS) is 10.8. The zero-order valence-corrected chi connectivity index (χ0v) is 12.6. The molecule has 2 aromatic carbocycles. The molecule has 4 aromatic rings. The highest BCUT2D eigenvalue weighted by Gasteiger charge is 2.12. The van der Waals surface area contributed by atoms with E-state index >= 15 is 0 Å². The Bertz CT molecular complexity index is 953. The molecule has 0 fully saturated rings. The highest BCUT2D eigenvalue weighted by Crippen LogP contribution is 2.30. The maximum absolute atomic E-state index is 5.92. The van der Waals surface area contributed by atoms with E-state index in [0.29, 0.717) is 11.7 Å². The number of hydrogen-bond acceptors (Lipinski definition) is 4. The molecule has 0 aliphatic heterocycles. The summed E-state index contributed by atoms with van der Waals surface area (Å²) in [6.07, 6.45) is 3.50. The second-order valence-corrected chi connectivity index (χ2v) is 5.14. The Morgan fingerprint density at radius 2 is 1.74 bits per heavy atom. The maximum Gasteiger partial charge on any atom is 0.246 e. The molecule has 0 aliphatic rings. The number of nitrogens with zero attached hydrogens (tertiary/aromatic N) is 2. The van der Waals surface area contributed by atoms with Crippen molar-refractivity contribution in [2.75, 3.05) is 7.11 Å². The van der Waals surface area contributed by atoms with Gasteiger partial charge in [-0.3, -0.25) is 4.98 Å². The van der Waals surface area contributed by atoms with Crippen molar-refractivity contribution >= 4 is 10.8 Å². The van der Waals surface area contributed by atoms with E-state index in [9.17, 15) is 0 Å². The van der Waals surface area contributed by atoms with E-state index in [1.165, 1.54) is 0 Å². The number of benzene rings is 2. The third-order valence-corrected chi connectivity index (χ3v) is 3.76. The minimum atomic E-state index is 0.521. The van der Waals surface area contributed by atoms with Crippen LogP contribution in [0.3, 0.4) is 0 Å². The molecule has 2 heterocycles.